The molecular formula is C21H29F3. The standard InChI is InChI=1S/C21H29F3/c1-2-3-6-17-8-12-19(13-9-17)20-14-10-18(11-15-20)7-4-5-16-21(22,23)24/h4,7,10-11,14-15,17,19H,2-3,5-6,8-9,12-13,16H2,1H3/b7-4+. The maximum atomic E-state index is 12.1. The van der Waals surface area contributed by atoms with Crippen LogP contribution in [0.2, 0.25) is 0 Å². The van der Waals surface area contributed by atoms with Crippen LogP contribution in [0, 0.1) is 5.92 Å². The number of allylic oxidation sites excluding steroid dienone is 1. The summed E-state index contributed by atoms with van der Waals surface area (Å²) >= 11 is 0. The molecule has 0 nitrogen and oxygen atoms in total. The van der Waals surface area contributed by atoms with Crippen molar-refractivity contribution in [2.45, 2.75) is 76.8 Å². The number of hydrogen-bond acceptors (Lipinski definition) is 0. The van der Waals surface area contributed by atoms with Crippen LogP contribution >= 0.6 is 0 Å². The zero-order chi connectivity index (χ0) is 17.4. The summed E-state index contributed by atoms with van der Waals surface area (Å²) in [5.74, 6) is 1.57. The second kappa shape index (κ2) is 9.29. The molecule has 0 heterocycles. The molecule has 1 aromatic rings. The van der Waals surface area contributed by atoms with E-state index in [4.69, 9.17) is 0 Å². The molecule has 1 aliphatic carbocycles. The third kappa shape index (κ3) is 6.70. The zero-order valence-corrected chi connectivity index (χ0v) is 14.6. The minimum Gasteiger partial charge on any atom is -0.171 e. The van der Waals surface area contributed by atoms with Crippen molar-refractivity contribution >= 4 is 6.08 Å². The van der Waals surface area contributed by atoms with E-state index in [1.165, 1.54) is 50.5 Å². The normalized spacial score (nSPS) is 22.2. The summed E-state index contributed by atoms with van der Waals surface area (Å²) in [7, 11) is 0. The van der Waals surface area contributed by atoms with E-state index in [9.17, 15) is 13.2 Å². The molecule has 0 unspecified atom stereocenters. The van der Waals surface area contributed by atoms with Gasteiger partial charge in [-0.3, -0.25) is 0 Å². The smallest absolute Gasteiger partial charge is 0.171 e. The van der Waals surface area contributed by atoms with E-state index >= 15 is 0 Å². The lowest BCUT2D eigenvalue weighted by Gasteiger charge is -2.28. The molecule has 1 aromatic carbocycles. The molecule has 1 saturated carbocycles. The van der Waals surface area contributed by atoms with Gasteiger partial charge in [-0.2, -0.15) is 13.2 Å². The largest absolute Gasteiger partial charge is 0.389 e. The lowest BCUT2D eigenvalue weighted by atomic mass is 9.77. The summed E-state index contributed by atoms with van der Waals surface area (Å²) in [5, 5.41) is 0. The highest BCUT2D eigenvalue weighted by atomic mass is 19.4. The van der Waals surface area contributed by atoms with Crippen LogP contribution in [0.5, 0.6) is 0 Å². The summed E-state index contributed by atoms with van der Waals surface area (Å²) in [6.45, 7) is 2.25. The van der Waals surface area contributed by atoms with Crippen LogP contribution in [0.15, 0.2) is 30.3 Å². The van der Waals surface area contributed by atoms with E-state index in [1.54, 1.807) is 12.2 Å². The fourth-order valence-corrected chi connectivity index (χ4v) is 3.62. The highest BCUT2D eigenvalue weighted by Crippen LogP contribution is 2.37. The summed E-state index contributed by atoms with van der Waals surface area (Å²) in [4.78, 5) is 0. The molecule has 0 aliphatic heterocycles. The van der Waals surface area contributed by atoms with Gasteiger partial charge in [-0.05, 0) is 55.1 Å². The van der Waals surface area contributed by atoms with Crippen molar-refractivity contribution in [3.05, 3.63) is 41.5 Å². The van der Waals surface area contributed by atoms with E-state index in [0.29, 0.717) is 5.92 Å². The molecule has 1 aliphatic rings. The second-order valence-electron chi connectivity index (χ2n) is 7.08. The topological polar surface area (TPSA) is 0 Å². The first kappa shape index (κ1) is 19.1. The van der Waals surface area contributed by atoms with Crippen LogP contribution in [0.1, 0.15) is 81.8 Å². The summed E-state index contributed by atoms with van der Waals surface area (Å²) in [6.07, 6.45) is 7.88. The molecule has 0 atom stereocenters. The van der Waals surface area contributed by atoms with Crippen LogP contribution in [0.4, 0.5) is 13.2 Å². The van der Waals surface area contributed by atoms with Gasteiger partial charge in [0.15, 0.2) is 0 Å². The Hall–Kier alpha value is -1.25. The van der Waals surface area contributed by atoms with Gasteiger partial charge in [0.25, 0.3) is 0 Å². The number of rotatable bonds is 7. The predicted molar refractivity (Wildman–Crippen MR) is 95.0 cm³/mol. The monoisotopic (exact) mass is 338 g/mol. The van der Waals surface area contributed by atoms with Crippen LogP contribution < -0.4 is 0 Å². The Morgan fingerprint density at radius 2 is 1.71 bits per heavy atom. The molecule has 2 rings (SSSR count). The van der Waals surface area contributed by atoms with Gasteiger partial charge in [0.1, 0.15) is 0 Å². The van der Waals surface area contributed by atoms with Gasteiger partial charge in [0, 0.05) is 6.42 Å². The van der Waals surface area contributed by atoms with Crippen molar-refractivity contribution in [3.8, 4) is 0 Å². The van der Waals surface area contributed by atoms with Crippen LogP contribution in [-0.4, -0.2) is 6.18 Å². The second-order valence-corrected chi connectivity index (χ2v) is 7.08. The Labute approximate surface area is 144 Å². The molecule has 0 amide bonds. The molecule has 134 valence electrons. The Balaban J connectivity index is 1.79. The molecule has 1 fully saturated rings. The van der Waals surface area contributed by atoms with Gasteiger partial charge in [-0.15, -0.1) is 0 Å². The van der Waals surface area contributed by atoms with Crippen molar-refractivity contribution < 1.29 is 13.2 Å². The van der Waals surface area contributed by atoms with Gasteiger partial charge in [-0.1, -0.05) is 62.6 Å². The quantitative estimate of drug-likeness (QED) is 0.482. The maximum absolute atomic E-state index is 12.1. The number of hydrogen-bond donors (Lipinski definition) is 0. The lowest BCUT2D eigenvalue weighted by Crippen LogP contribution is -2.13. The summed E-state index contributed by atoms with van der Waals surface area (Å²) in [5.41, 5.74) is 2.37. The molecule has 0 aromatic heterocycles. The number of unbranched alkanes of at least 4 members (excludes halogenated alkanes) is 1. The fourth-order valence-electron chi connectivity index (χ4n) is 3.62. The molecule has 3 heteroatoms. The number of halogens is 3. The maximum Gasteiger partial charge on any atom is 0.389 e. The third-order valence-electron chi connectivity index (χ3n) is 5.13. The van der Waals surface area contributed by atoms with Crippen molar-refractivity contribution in [2.75, 3.05) is 0 Å². The average Bonchev–Trinajstić information content (AvgIpc) is 2.57. The molecule has 0 spiro atoms. The van der Waals surface area contributed by atoms with Gasteiger partial charge in [0.2, 0.25) is 0 Å². The molecule has 24 heavy (non-hydrogen) atoms. The average molecular weight is 338 g/mol. The third-order valence-corrected chi connectivity index (χ3v) is 5.13. The Kier molecular flexibility index (Phi) is 7.39. The number of benzene rings is 1. The van der Waals surface area contributed by atoms with Crippen LogP contribution in [0.25, 0.3) is 6.08 Å². The highest BCUT2D eigenvalue weighted by Gasteiger charge is 2.25. The van der Waals surface area contributed by atoms with Gasteiger partial charge >= 0.3 is 6.18 Å². The van der Waals surface area contributed by atoms with E-state index < -0.39 is 12.6 Å². The molecule has 0 saturated heterocycles. The van der Waals surface area contributed by atoms with E-state index in [-0.39, 0.29) is 6.42 Å². The van der Waals surface area contributed by atoms with Gasteiger partial charge < -0.3 is 0 Å². The number of alkyl halides is 3. The Morgan fingerprint density at radius 3 is 2.29 bits per heavy atom. The summed E-state index contributed by atoms with van der Waals surface area (Å²) in [6, 6.07) is 8.37. The first-order chi connectivity index (χ1) is 11.5. The van der Waals surface area contributed by atoms with Crippen LogP contribution in [0.3, 0.4) is 0 Å². The zero-order valence-electron chi connectivity index (χ0n) is 14.6. The minimum atomic E-state index is -4.07. The highest BCUT2D eigenvalue weighted by molar-refractivity contribution is 5.49. The van der Waals surface area contributed by atoms with E-state index in [1.807, 2.05) is 12.1 Å². The van der Waals surface area contributed by atoms with E-state index in [2.05, 4.69) is 19.1 Å². The Morgan fingerprint density at radius 1 is 1.04 bits per heavy atom. The van der Waals surface area contributed by atoms with Gasteiger partial charge in [-0.25, -0.2) is 0 Å². The van der Waals surface area contributed by atoms with Crippen molar-refractivity contribution in [1.82, 2.24) is 0 Å². The van der Waals surface area contributed by atoms with Gasteiger partial charge in [0.05, 0.1) is 0 Å². The summed E-state index contributed by atoms with van der Waals surface area (Å²) < 4.78 is 36.3. The Bertz CT molecular complexity index is 491. The van der Waals surface area contributed by atoms with E-state index in [0.717, 1.165) is 11.5 Å². The molecule has 0 bridgehead atoms. The first-order valence-corrected chi connectivity index (χ1v) is 9.31. The fraction of sp³-hybridized carbons (Fsp3) is 0.619. The van der Waals surface area contributed by atoms with Crippen molar-refractivity contribution in [3.63, 3.8) is 0 Å². The van der Waals surface area contributed by atoms with Crippen molar-refractivity contribution in [1.29, 1.82) is 0 Å². The lowest BCUT2D eigenvalue weighted by molar-refractivity contribution is -0.133. The van der Waals surface area contributed by atoms with Crippen LogP contribution in [-0.2, 0) is 0 Å². The predicted octanol–water partition coefficient (Wildman–Crippen LogP) is 7.51. The first-order valence-electron chi connectivity index (χ1n) is 9.31. The molecule has 0 radical (unpaired) electrons. The molecule has 0 N–H and O–H groups in total. The van der Waals surface area contributed by atoms with Crippen molar-refractivity contribution in [2.24, 2.45) is 5.92 Å². The minimum absolute atomic E-state index is 0.0486. The SMILES string of the molecule is CCCCC1CCC(c2ccc(/C=C/CCC(F)(F)F)cc2)CC1. The molecular weight excluding hydrogens is 309 g/mol.